The summed E-state index contributed by atoms with van der Waals surface area (Å²) < 4.78 is 1.86. The summed E-state index contributed by atoms with van der Waals surface area (Å²) in [6.45, 7) is 5.09. The van der Waals surface area contributed by atoms with E-state index in [1.807, 2.05) is 17.8 Å². The highest BCUT2D eigenvalue weighted by Gasteiger charge is 2.29. The van der Waals surface area contributed by atoms with Crippen molar-refractivity contribution >= 4 is 17.7 Å². The van der Waals surface area contributed by atoms with Gasteiger partial charge in [-0.05, 0) is 32.0 Å². The van der Waals surface area contributed by atoms with Crippen LogP contribution in [0.5, 0.6) is 0 Å². The molecule has 5 nitrogen and oxygen atoms in total. The molecule has 0 spiro atoms. The number of hydrogen-bond donors (Lipinski definition) is 1. The Labute approximate surface area is 152 Å². The molecule has 1 aromatic heterocycles. The van der Waals surface area contributed by atoms with E-state index in [1.165, 1.54) is 16.9 Å². The van der Waals surface area contributed by atoms with Gasteiger partial charge in [-0.15, -0.1) is 11.8 Å². The lowest BCUT2D eigenvalue weighted by atomic mass is 10.1. The lowest BCUT2D eigenvalue weighted by Crippen LogP contribution is -2.40. The topological polar surface area (TPSA) is 50.2 Å². The number of hydrogen-bond acceptors (Lipinski definition) is 4. The Morgan fingerprint density at radius 2 is 2.24 bits per heavy atom. The maximum Gasteiger partial charge on any atom is 0.272 e. The maximum atomic E-state index is 12.8. The average molecular weight is 356 g/mol. The van der Waals surface area contributed by atoms with Gasteiger partial charge in [0.25, 0.3) is 5.91 Å². The number of aromatic nitrogens is 2. The molecule has 1 fully saturated rings. The Kier molecular flexibility index (Phi) is 4.56. The molecule has 0 saturated carbocycles. The number of carbonyl (C=O) groups is 1. The largest absolute Gasteiger partial charge is 0.349 e. The molecule has 2 aliphatic heterocycles. The number of thioether (sulfide) groups is 1. The Bertz CT molecular complexity index is 801. The second kappa shape index (κ2) is 6.84. The summed E-state index contributed by atoms with van der Waals surface area (Å²) in [4.78, 5) is 16.5. The van der Waals surface area contributed by atoms with E-state index in [2.05, 4.69) is 40.4 Å². The smallest absolute Gasteiger partial charge is 0.272 e. The minimum atomic E-state index is -0.0419. The van der Waals surface area contributed by atoms with Crippen molar-refractivity contribution in [1.29, 1.82) is 0 Å². The van der Waals surface area contributed by atoms with E-state index in [4.69, 9.17) is 0 Å². The van der Waals surface area contributed by atoms with E-state index >= 15 is 0 Å². The van der Waals surface area contributed by atoms with Crippen LogP contribution in [0.4, 0.5) is 0 Å². The van der Waals surface area contributed by atoms with Crippen LogP contribution in [0.25, 0.3) is 11.3 Å². The van der Waals surface area contributed by atoms with Crippen molar-refractivity contribution < 1.29 is 4.79 Å². The fourth-order valence-electron chi connectivity index (χ4n) is 4.00. The summed E-state index contributed by atoms with van der Waals surface area (Å²) in [5.74, 6) is 0.757. The lowest BCUT2D eigenvalue weighted by Gasteiger charge is -2.22. The summed E-state index contributed by atoms with van der Waals surface area (Å²) in [7, 11) is 1.93. The van der Waals surface area contributed by atoms with E-state index < -0.39 is 0 Å². The molecule has 6 heteroatoms. The fraction of sp³-hybridized carbons (Fsp3) is 0.474. The molecule has 0 radical (unpaired) electrons. The zero-order valence-corrected chi connectivity index (χ0v) is 15.6. The van der Waals surface area contributed by atoms with E-state index in [0.717, 1.165) is 36.5 Å². The van der Waals surface area contributed by atoms with Crippen LogP contribution in [0.2, 0.25) is 0 Å². The molecule has 132 valence electrons. The first kappa shape index (κ1) is 16.7. The number of likely N-dealkylation sites (tertiary alicyclic amines) is 1. The second-order valence-corrected chi connectivity index (χ2v) is 7.74. The van der Waals surface area contributed by atoms with E-state index in [0.29, 0.717) is 18.3 Å². The van der Waals surface area contributed by atoms with Gasteiger partial charge in [0.2, 0.25) is 0 Å². The van der Waals surface area contributed by atoms with Gasteiger partial charge in [-0.1, -0.05) is 25.1 Å². The van der Waals surface area contributed by atoms with Crippen LogP contribution in [0.1, 0.15) is 35.8 Å². The van der Waals surface area contributed by atoms with Gasteiger partial charge in [-0.25, -0.2) is 0 Å². The Morgan fingerprint density at radius 3 is 3.08 bits per heavy atom. The minimum Gasteiger partial charge on any atom is -0.349 e. The number of benzene rings is 1. The molecule has 1 unspecified atom stereocenters. The van der Waals surface area contributed by atoms with Crippen molar-refractivity contribution in [2.75, 3.05) is 19.6 Å². The van der Waals surface area contributed by atoms with Crippen molar-refractivity contribution in [1.82, 2.24) is 20.0 Å². The van der Waals surface area contributed by atoms with Crippen molar-refractivity contribution in [3.05, 3.63) is 35.5 Å². The standard InChI is InChI=1S/C19H24N4OS/c1-3-23-10-6-7-13(23)11-20-19(24)17-15-12-25-16-9-5-4-8-14(16)18(15)22(2)21-17/h4-5,8-9,13H,3,6-7,10-12H2,1-2H3,(H,20,24). The normalized spacial score (nSPS) is 19.5. The van der Waals surface area contributed by atoms with Gasteiger partial charge in [-0.2, -0.15) is 5.10 Å². The van der Waals surface area contributed by atoms with Crippen molar-refractivity contribution in [2.45, 2.75) is 36.5 Å². The van der Waals surface area contributed by atoms with Crippen molar-refractivity contribution in [2.24, 2.45) is 7.05 Å². The molecular weight excluding hydrogens is 332 g/mol. The summed E-state index contributed by atoms with van der Waals surface area (Å²) >= 11 is 1.78. The molecule has 0 aliphatic carbocycles. The van der Waals surface area contributed by atoms with E-state index in [-0.39, 0.29) is 5.91 Å². The van der Waals surface area contributed by atoms with Crippen LogP contribution in [0.15, 0.2) is 29.2 Å². The summed E-state index contributed by atoms with van der Waals surface area (Å²) in [6.07, 6.45) is 2.39. The highest BCUT2D eigenvalue weighted by atomic mass is 32.2. The lowest BCUT2D eigenvalue weighted by molar-refractivity contribution is 0.0935. The first-order chi connectivity index (χ1) is 12.2. The van der Waals surface area contributed by atoms with Crippen LogP contribution < -0.4 is 5.32 Å². The number of likely N-dealkylation sites (N-methyl/N-ethyl adjacent to an activating group) is 1. The predicted octanol–water partition coefficient (Wildman–Crippen LogP) is 2.91. The molecule has 4 rings (SSSR count). The van der Waals surface area contributed by atoms with Gasteiger partial charge in [0.15, 0.2) is 5.69 Å². The molecule has 1 aromatic carbocycles. The van der Waals surface area contributed by atoms with Gasteiger partial charge < -0.3 is 5.32 Å². The second-order valence-electron chi connectivity index (χ2n) is 6.72. The average Bonchev–Trinajstić information content (AvgIpc) is 3.23. The third-order valence-electron chi connectivity index (χ3n) is 5.28. The third-order valence-corrected chi connectivity index (χ3v) is 6.38. The molecular formula is C19H24N4OS. The van der Waals surface area contributed by atoms with Gasteiger partial charge in [-0.3, -0.25) is 14.4 Å². The van der Waals surface area contributed by atoms with E-state index in [1.54, 1.807) is 11.8 Å². The summed E-state index contributed by atoms with van der Waals surface area (Å²) in [5, 5.41) is 7.68. The zero-order valence-electron chi connectivity index (χ0n) is 14.8. The molecule has 0 bridgehead atoms. The Balaban J connectivity index is 1.55. The van der Waals surface area contributed by atoms with Crippen LogP contribution in [-0.4, -0.2) is 46.3 Å². The molecule has 1 N–H and O–H groups in total. The first-order valence-electron chi connectivity index (χ1n) is 8.99. The predicted molar refractivity (Wildman–Crippen MR) is 101 cm³/mol. The SMILES string of the molecule is CCN1CCCC1CNC(=O)c1nn(C)c2c1CSc1ccccc1-2. The molecule has 3 heterocycles. The maximum absolute atomic E-state index is 12.8. The molecule has 1 saturated heterocycles. The molecule has 25 heavy (non-hydrogen) atoms. The summed E-state index contributed by atoms with van der Waals surface area (Å²) in [6, 6.07) is 8.81. The van der Waals surface area contributed by atoms with Gasteiger partial charge in [0, 0.05) is 41.4 Å². The quantitative estimate of drug-likeness (QED) is 0.915. The van der Waals surface area contributed by atoms with Crippen LogP contribution in [0, 0.1) is 0 Å². The highest BCUT2D eigenvalue weighted by molar-refractivity contribution is 7.98. The zero-order chi connectivity index (χ0) is 17.4. The number of amides is 1. The molecule has 1 amide bonds. The molecule has 2 aromatic rings. The number of aryl methyl sites for hydroxylation is 1. The highest BCUT2D eigenvalue weighted by Crippen LogP contribution is 2.42. The van der Waals surface area contributed by atoms with E-state index in [9.17, 15) is 4.79 Å². The molecule has 1 atom stereocenters. The van der Waals surface area contributed by atoms with Gasteiger partial charge in [0.1, 0.15) is 0 Å². The monoisotopic (exact) mass is 356 g/mol. The van der Waals surface area contributed by atoms with Crippen molar-refractivity contribution in [3.63, 3.8) is 0 Å². The Hall–Kier alpha value is -1.79. The number of carbonyl (C=O) groups excluding carboxylic acids is 1. The van der Waals surface area contributed by atoms with Crippen molar-refractivity contribution in [3.8, 4) is 11.3 Å². The number of rotatable bonds is 4. The minimum absolute atomic E-state index is 0.0419. The third kappa shape index (κ3) is 2.98. The first-order valence-corrected chi connectivity index (χ1v) is 9.98. The Morgan fingerprint density at radius 1 is 1.40 bits per heavy atom. The number of nitrogens with zero attached hydrogens (tertiary/aromatic N) is 3. The van der Waals surface area contributed by atoms with Crippen LogP contribution in [-0.2, 0) is 12.8 Å². The van der Waals surface area contributed by atoms with Crippen LogP contribution >= 0.6 is 11.8 Å². The van der Waals surface area contributed by atoms with Gasteiger partial charge >= 0.3 is 0 Å². The summed E-state index contributed by atoms with van der Waals surface area (Å²) in [5.41, 5.74) is 3.90. The number of fused-ring (bicyclic) bond motifs is 3. The van der Waals surface area contributed by atoms with Crippen LogP contribution in [0.3, 0.4) is 0 Å². The number of nitrogens with one attached hydrogen (secondary N) is 1. The van der Waals surface area contributed by atoms with Gasteiger partial charge in [0.05, 0.1) is 5.69 Å². The molecule has 2 aliphatic rings. The fourth-order valence-corrected chi connectivity index (χ4v) is 5.07.